The minimum absolute atomic E-state index is 0.0735. The summed E-state index contributed by atoms with van der Waals surface area (Å²) in [5, 5.41) is 12.8. The normalized spacial score (nSPS) is 18.7. The van der Waals surface area contributed by atoms with E-state index in [-0.39, 0.29) is 27.0 Å². The highest BCUT2D eigenvalue weighted by molar-refractivity contribution is 8.00. The smallest absolute Gasteiger partial charge is 0.276 e. The minimum atomic E-state index is -0.870. The predicted molar refractivity (Wildman–Crippen MR) is 163 cm³/mol. The van der Waals surface area contributed by atoms with E-state index in [0.29, 0.717) is 24.3 Å². The molecule has 0 aromatic carbocycles. The number of hydrogen-bond donors (Lipinski definition) is 5. The van der Waals surface area contributed by atoms with Gasteiger partial charge in [-0.2, -0.15) is 4.57 Å². The first kappa shape index (κ1) is 29.8. The van der Waals surface area contributed by atoms with E-state index in [2.05, 4.69) is 31.1 Å². The SMILES string of the molecule is CNCCNc1cc2c(ccc[n+]2CC2=C(C=O)N3C(=O)C(NC(=O)/C(=N\OC(C)C)c4nc(N)sc4Cl)C3SC2)[nH]1. The van der Waals surface area contributed by atoms with Gasteiger partial charge in [-0.3, -0.25) is 19.3 Å². The lowest BCUT2D eigenvalue weighted by molar-refractivity contribution is -0.663. The molecule has 2 aliphatic heterocycles. The molecule has 3 aromatic heterocycles. The number of hydrogen-bond acceptors (Lipinski definition) is 11. The third-order valence-corrected chi connectivity index (χ3v) is 9.03. The number of thioether (sulfide) groups is 1. The van der Waals surface area contributed by atoms with Gasteiger partial charge in [0.15, 0.2) is 29.9 Å². The molecule has 5 heterocycles. The van der Waals surface area contributed by atoms with Crippen LogP contribution in [0.3, 0.4) is 0 Å². The number of pyridine rings is 1. The Hall–Kier alpha value is -3.66. The van der Waals surface area contributed by atoms with Crippen LogP contribution in [0.1, 0.15) is 19.5 Å². The second-order valence-corrected chi connectivity index (χ2v) is 12.6. The lowest BCUT2D eigenvalue weighted by atomic mass is 10.0. The summed E-state index contributed by atoms with van der Waals surface area (Å²) in [6.45, 7) is 5.51. The van der Waals surface area contributed by atoms with Crippen LogP contribution in [0.2, 0.25) is 4.34 Å². The molecular formula is C26H31ClN9O4S2+. The summed E-state index contributed by atoms with van der Waals surface area (Å²) in [4.78, 5) is 53.0. The molecule has 1 fully saturated rings. The molecule has 0 spiro atoms. The first-order chi connectivity index (χ1) is 20.2. The first-order valence-electron chi connectivity index (χ1n) is 13.2. The van der Waals surface area contributed by atoms with Crippen LogP contribution in [-0.4, -0.2) is 82.1 Å². The number of nitrogens with two attached hydrogens (primary N) is 1. The van der Waals surface area contributed by atoms with Crippen molar-refractivity contribution in [1.82, 2.24) is 25.5 Å². The van der Waals surface area contributed by atoms with E-state index in [9.17, 15) is 14.4 Å². The topological polar surface area (TPSA) is 171 Å². The van der Waals surface area contributed by atoms with E-state index in [4.69, 9.17) is 22.2 Å². The van der Waals surface area contributed by atoms with Crippen molar-refractivity contribution in [2.75, 3.05) is 36.9 Å². The number of nitrogens with one attached hydrogen (secondary N) is 4. The maximum atomic E-state index is 13.3. The molecule has 0 radical (unpaired) electrons. The Morgan fingerprint density at radius 1 is 1.43 bits per heavy atom. The summed E-state index contributed by atoms with van der Waals surface area (Å²) >= 11 is 8.71. The van der Waals surface area contributed by atoms with Crippen molar-refractivity contribution >= 4 is 80.5 Å². The number of carbonyl (C=O) groups is 3. The summed E-state index contributed by atoms with van der Waals surface area (Å²) in [7, 11) is 1.90. The summed E-state index contributed by atoms with van der Waals surface area (Å²) in [6, 6.07) is 5.07. The number of amides is 2. The van der Waals surface area contributed by atoms with Crippen LogP contribution in [0.25, 0.3) is 11.0 Å². The van der Waals surface area contributed by atoms with Crippen molar-refractivity contribution in [2.45, 2.75) is 37.9 Å². The number of anilines is 2. The monoisotopic (exact) mass is 632 g/mol. The van der Waals surface area contributed by atoms with Gasteiger partial charge in [0.1, 0.15) is 38.9 Å². The molecule has 2 atom stereocenters. The Morgan fingerprint density at radius 3 is 2.93 bits per heavy atom. The van der Waals surface area contributed by atoms with Crippen LogP contribution in [-0.2, 0) is 25.8 Å². The molecule has 13 nitrogen and oxygen atoms in total. The number of nitrogens with zero attached hydrogens (tertiary/aromatic N) is 4. The minimum Gasteiger partial charge on any atom is -0.392 e. The number of thiazole rings is 1. The number of oxime groups is 1. The molecule has 16 heteroatoms. The molecule has 0 aliphatic carbocycles. The van der Waals surface area contributed by atoms with Crippen molar-refractivity contribution in [1.29, 1.82) is 0 Å². The molecule has 1 saturated heterocycles. The van der Waals surface area contributed by atoms with Crippen LogP contribution in [0.4, 0.5) is 10.9 Å². The molecule has 2 aliphatic rings. The van der Waals surface area contributed by atoms with Gasteiger partial charge >= 0.3 is 0 Å². The van der Waals surface area contributed by atoms with Gasteiger partial charge in [0.25, 0.3) is 11.8 Å². The molecule has 3 aromatic rings. The molecular weight excluding hydrogens is 602 g/mol. The number of H-pyrrole nitrogens is 1. The van der Waals surface area contributed by atoms with Gasteiger partial charge in [0.05, 0.1) is 11.8 Å². The number of likely N-dealkylation sites (N-methyl/N-ethyl adjacent to an activating group) is 1. The Balaban J connectivity index is 1.33. The van der Waals surface area contributed by atoms with Crippen molar-refractivity contribution in [3.8, 4) is 0 Å². The Bertz CT molecular complexity index is 1580. The number of aromatic nitrogens is 3. The summed E-state index contributed by atoms with van der Waals surface area (Å²) in [6.07, 6.45) is 2.34. The zero-order chi connectivity index (χ0) is 30.0. The second kappa shape index (κ2) is 12.7. The largest absolute Gasteiger partial charge is 0.392 e. The summed E-state index contributed by atoms with van der Waals surface area (Å²) in [5.41, 5.74) is 8.69. The van der Waals surface area contributed by atoms with Crippen molar-refractivity contribution < 1.29 is 23.8 Å². The second-order valence-electron chi connectivity index (χ2n) is 9.88. The predicted octanol–water partition coefficient (Wildman–Crippen LogP) is 1.46. The highest BCUT2D eigenvalue weighted by Crippen LogP contribution is 2.40. The highest BCUT2D eigenvalue weighted by Gasteiger charge is 2.53. The van der Waals surface area contributed by atoms with Crippen LogP contribution in [0, 0.1) is 0 Å². The summed E-state index contributed by atoms with van der Waals surface area (Å²) in [5.74, 6) is 0.316. The fourth-order valence-corrected chi connectivity index (χ4v) is 6.94. The molecule has 5 rings (SSSR count). The maximum Gasteiger partial charge on any atom is 0.276 e. The van der Waals surface area contributed by atoms with Crippen LogP contribution < -0.4 is 26.3 Å². The van der Waals surface area contributed by atoms with Crippen LogP contribution >= 0.6 is 34.7 Å². The van der Waals surface area contributed by atoms with Gasteiger partial charge in [0.2, 0.25) is 5.52 Å². The molecule has 2 amide bonds. The number of aromatic amines is 1. The number of β-lactam (4-membered cyclic amide) rings is 1. The third-order valence-electron chi connectivity index (χ3n) is 6.60. The van der Waals surface area contributed by atoms with E-state index >= 15 is 0 Å². The molecule has 6 N–H and O–H groups in total. The number of allylic oxidation sites excluding steroid dienone is 1. The van der Waals surface area contributed by atoms with Gasteiger partial charge in [-0.15, -0.1) is 11.8 Å². The number of nitrogen functional groups attached to an aromatic ring is 1. The highest BCUT2D eigenvalue weighted by atomic mass is 35.5. The van der Waals surface area contributed by atoms with Gasteiger partial charge in [0, 0.05) is 30.5 Å². The van der Waals surface area contributed by atoms with E-state index < -0.39 is 23.2 Å². The van der Waals surface area contributed by atoms with Gasteiger partial charge in [-0.05, 0) is 27.0 Å². The lowest BCUT2D eigenvalue weighted by Crippen LogP contribution is -2.70. The van der Waals surface area contributed by atoms with E-state index in [1.807, 2.05) is 36.0 Å². The zero-order valence-electron chi connectivity index (χ0n) is 23.1. The molecule has 222 valence electrons. The maximum absolute atomic E-state index is 13.3. The van der Waals surface area contributed by atoms with Crippen molar-refractivity contribution in [2.24, 2.45) is 5.16 Å². The number of carbonyl (C=O) groups excluding carboxylic acids is 3. The van der Waals surface area contributed by atoms with E-state index in [0.717, 1.165) is 46.9 Å². The van der Waals surface area contributed by atoms with Crippen molar-refractivity contribution in [3.05, 3.63) is 45.7 Å². The Morgan fingerprint density at radius 2 is 2.24 bits per heavy atom. The molecule has 2 unspecified atom stereocenters. The lowest BCUT2D eigenvalue weighted by Gasteiger charge is -2.49. The standard InChI is InChI=1S/C26H30ClN9O4S2/c1-13(2)40-34-20(19-22(27)42-26(28)33-19)23(38)32-21-24(39)36-17(11-37)14(12-41-25(21)36)10-35-8-4-5-15-16(35)9-18(31-15)30-7-6-29-3/h4-5,8-9,11,13,21,25,29H,6-7,10,12H2,1-3H3,(H4,28,30,31,32,33,38)/p+1/b34-20-. The zero-order valence-corrected chi connectivity index (χ0v) is 25.5. The molecule has 42 heavy (non-hydrogen) atoms. The number of rotatable bonds is 12. The third kappa shape index (κ3) is 5.95. The molecule has 0 saturated carbocycles. The van der Waals surface area contributed by atoms with Crippen LogP contribution in [0.15, 0.2) is 40.8 Å². The quantitative estimate of drug-likeness (QED) is 0.0495. The van der Waals surface area contributed by atoms with Gasteiger partial charge in [-0.1, -0.05) is 28.1 Å². The molecule has 0 bridgehead atoms. The van der Waals surface area contributed by atoms with Gasteiger partial charge in [-0.25, -0.2) is 4.98 Å². The van der Waals surface area contributed by atoms with E-state index in [1.165, 1.54) is 16.7 Å². The first-order valence-corrected chi connectivity index (χ1v) is 15.4. The van der Waals surface area contributed by atoms with Crippen LogP contribution in [0.5, 0.6) is 0 Å². The Labute approximate surface area is 254 Å². The fraction of sp³-hybridized carbons (Fsp3) is 0.385. The average Bonchev–Trinajstić information content (AvgIpc) is 3.53. The number of fused-ring (bicyclic) bond motifs is 2. The average molecular weight is 633 g/mol. The fourth-order valence-electron chi connectivity index (χ4n) is 4.65. The van der Waals surface area contributed by atoms with E-state index in [1.54, 1.807) is 13.8 Å². The number of halogens is 1. The Kier molecular flexibility index (Phi) is 9.01. The summed E-state index contributed by atoms with van der Waals surface area (Å²) < 4.78 is 2.22. The number of aldehydes is 1. The van der Waals surface area contributed by atoms with Crippen molar-refractivity contribution in [3.63, 3.8) is 0 Å². The van der Waals surface area contributed by atoms with Gasteiger partial charge < -0.3 is 31.5 Å².